The van der Waals surface area contributed by atoms with Crippen molar-refractivity contribution in [3.05, 3.63) is 17.8 Å². The number of halogens is 5. The van der Waals surface area contributed by atoms with Gasteiger partial charge in [-0.15, -0.1) is 10.2 Å². The van der Waals surface area contributed by atoms with Gasteiger partial charge in [0.25, 0.3) is 0 Å². The van der Waals surface area contributed by atoms with Crippen LogP contribution in [0.2, 0.25) is 0 Å². The Balaban J connectivity index is 2.66. The van der Waals surface area contributed by atoms with Crippen molar-refractivity contribution in [1.29, 1.82) is 0 Å². The highest BCUT2D eigenvalue weighted by molar-refractivity contribution is 5.33. The van der Waals surface area contributed by atoms with Crippen LogP contribution in [-0.4, -0.2) is 22.7 Å². The summed E-state index contributed by atoms with van der Waals surface area (Å²) < 4.78 is 64.5. The highest BCUT2D eigenvalue weighted by Gasteiger charge is 2.33. The first kappa shape index (κ1) is 20.6. The van der Waals surface area contributed by atoms with E-state index in [1.165, 1.54) is 13.0 Å². The molecule has 1 aromatic rings. The van der Waals surface area contributed by atoms with Gasteiger partial charge in [-0.2, -0.15) is 13.2 Å². The number of hydrogen-bond acceptors (Lipinski definition) is 3. The lowest BCUT2D eigenvalue weighted by Gasteiger charge is -2.27. The van der Waals surface area contributed by atoms with Crippen LogP contribution in [0.4, 0.5) is 27.8 Å². The molecule has 0 aliphatic heterocycles. The van der Waals surface area contributed by atoms with Crippen LogP contribution in [0.1, 0.15) is 52.1 Å². The van der Waals surface area contributed by atoms with E-state index >= 15 is 0 Å². The second kappa shape index (κ2) is 8.58. The standard InChI is InChI=1S/C16H24F5N3/c1-4-6-12(11(3)9-15(17,18)5-2)10-22-14-8-7-13(23-24-14)16(19,20)21/h7-8,11-12H,4-6,9-10H2,1-3H3,(H,22,24). The van der Waals surface area contributed by atoms with Gasteiger partial charge in [0.1, 0.15) is 5.82 Å². The van der Waals surface area contributed by atoms with Crippen molar-refractivity contribution in [1.82, 2.24) is 10.2 Å². The van der Waals surface area contributed by atoms with Gasteiger partial charge >= 0.3 is 6.18 Å². The van der Waals surface area contributed by atoms with Crippen LogP contribution in [0.5, 0.6) is 0 Å². The molecule has 1 rings (SSSR count). The first-order valence-electron chi connectivity index (χ1n) is 8.11. The SMILES string of the molecule is CCCC(CNc1ccc(C(F)(F)F)nn1)C(C)CC(F)(F)CC. The molecular weight excluding hydrogens is 329 g/mol. The quantitative estimate of drug-likeness (QED) is 0.605. The Labute approximate surface area is 139 Å². The zero-order valence-electron chi connectivity index (χ0n) is 14.1. The van der Waals surface area contributed by atoms with Crippen molar-refractivity contribution >= 4 is 5.82 Å². The van der Waals surface area contributed by atoms with Gasteiger partial charge in [0.15, 0.2) is 5.69 Å². The Kier molecular flexibility index (Phi) is 7.35. The van der Waals surface area contributed by atoms with E-state index in [1.54, 1.807) is 6.92 Å². The molecule has 0 saturated heterocycles. The third-order valence-electron chi connectivity index (χ3n) is 4.10. The lowest BCUT2D eigenvalue weighted by molar-refractivity contribution is -0.141. The minimum absolute atomic E-state index is 0.0171. The maximum absolute atomic E-state index is 13.6. The summed E-state index contributed by atoms with van der Waals surface area (Å²) >= 11 is 0. The molecule has 8 heteroatoms. The summed E-state index contributed by atoms with van der Waals surface area (Å²) in [6, 6.07) is 2.04. The minimum Gasteiger partial charge on any atom is -0.368 e. The maximum atomic E-state index is 13.6. The molecule has 0 bridgehead atoms. The summed E-state index contributed by atoms with van der Waals surface area (Å²) in [6.45, 7) is 5.58. The summed E-state index contributed by atoms with van der Waals surface area (Å²) in [5.41, 5.74) is -1.06. The average Bonchev–Trinajstić information content (AvgIpc) is 2.50. The Bertz CT molecular complexity index is 487. The molecule has 2 atom stereocenters. The maximum Gasteiger partial charge on any atom is 0.435 e. The molecule has 2 unspecified atom stereocenters. The summed E-state index contributed by atoms with van der Waals surface area (Å²) in [6.07, 6.45) is -3.34. The van der Waals surface area contributed by atoms with Crippen molar-refractivity contribution in [3.63, 3.8) is 0 Å². The first-order valence-corrected chi connectivity index (χ1v) is 8.11. The number of hydrogen-bond donors (Lipinski definition) is 1. The van der Waals surface area contributed by atoms with Crippen molar-refractivity contribution in [2.75, 3.05) is 11.9 Å². The molecule has 138 valence electrons. The Morgan fingerprint density at radius 3 is 2.21 bits per heavy atom. The normalized spacial score (nSPS) is 15.2. The molecule has 0 aliphatic carbocycles. The smallest absolute Gasteiger partial charge is 0.368 e. The van der Waals surface area contributed by atoms with Crippen molar-refractivity contribution in [2.45, 2.75) is 58.6 Å². The molecule has 3 nitrogen and oxygen atoms in total. The molecule has 0 saturated carbocycles. The average molecular weight is 353 g/mol. The third-order valence-corrected chi connectivity index (χ3v) is 4.10. The van der Waals surface area contributed by atoms with Crippen molar-refractivity contribution in [2.24, 2.45) is 11.8 Å². The summed E-state index contributed by atoms with van der Waals surface area (Å²) in [7, 11) is 0. The van der Waals surface area contributed by atoms with Crippen LogP contribution in [0.15, 0.2) is 12.1 Å². The monoisotopic (exact) mass is 353 g/mol. The van der Waals surface area contributed by atoms with Crippen molar-refractivity contribution in [3.8, 4) is 0 Å². The van der Waals surface area contributed by atoms with E-state index in [4.69, 9.17) is 0 Å². The predicted octanol–water partition coefficient (Wildman–Crippen LogP) is 5.40. The highest BCUT2D eigenvalue weighted by atomic mass is 19.4. The number of rotatable bonds is 9. The Morgan fingerprint density at radius 2 is 1.75 bits per heavy atom. The van der Waals surface area contributed by atoms with E-state index in [2.05, 4.69) is 15.5 Å². The predicted molar refractivity (Wildman–Crippen MR) is 82.9 cm³/mol. The topological polar surface area (TPSA) is 37.8 Å². The molecule has 24 heavy (non-hydrogen) atoms. The number of nitrogens with zero attached hydrogens (tertiary/aromatic N) is 2. The van der Waals surface area contributed by atoms with Crippen molar-refractivity contribution < 1.29 is 22.0 Å². The second-order valence-corrected chi connectivity index (χ2v) is 6.12. The largest absolute Gasteiger partial charge is 0.435 e. The summed E-state index contributed by atoms with van der Waals surface area (Å²) in [5, 5.41) is 9.54. The van der Waals surface area contributed by atoms with E-state index in [1.807, 2.05) is 6.92 Å². The van der Waals surface area contributed by atoms with Crippen LogP contribution < -0.4 is 5.32 Å². The zero-order valence-corrected chi connectivity index (χ0v) is 14.1. The molecule has 1 N–H and O–H groups in total. The van der Waals surface area contributed by atoms with Gasteiger partial charge in [-0.1, -0.05) is 27.2 Å². The van der Waals surface area contributed by atoms with E-state index in [0.717, 1.165) is 18.9 Å². The molecular formula is C16H24F5N3. The molecule has 1 heterocycles. The summed E-state index contributed by atoms with van der Waals surface area (Å²) in [4.78, 5) is 0. The fourth-order valence-corrected chi connectivity index (χ4v) is 2.55. The summed E-state index contributed by atoms with van der Waals surface area (Å²) in [5.74, 6) is -2.72. The van der Waals surface area contributed by atoms with E-state index in [9.17, 15) is 22.0 Å². The van der Waals surface area contributed by atoms with Gasteiger partial charge < -0.3 is 5.32 Å². The van der Waals surface area contributed by atoms with Crippen LogP contribution >= 0.6 is 0 Å². The lowest BCUT2D eigenvalue weighted by Crippen LogP contribution is -2.27. The molecule has 0 spiro atoms. The Hall–Kier alpha value is -1.47. The molecule has 0 radical (unpaired) electrons. The number of nitrogens with one attached hydrogen (secondary N) is 1. The van der Waals surface area contributed by atoms with Crippen LogP contribution in [0.25, 0.3) is 0 Å². The second-order valence-electron chi connectivity index (χ2n) is 6.12. The minimum atomic E-state index is -4.53. The lowest BCUT2D eigenvalue weighted by atomic mass is 9.85. The van der Waals surface area contributed by atoms with Gasteiger partial charge in [0.2, 0.25) is 5.92 Å². The highest BCUT2D eigenvalue weighted by Crippen LogP contribution is 2.32. The van der Waals surface area contributed by atoms with Crippen LogP contribution in [0.3, 0.4) is 0 Å². The van der Waals surface area contributed by atoms with Crippen LogP contribution in [0, 0.1) is 11.8 Å². The van der Waals surface area contributed by atoms with Crippen LogP contribution in [-0.2, 0) is 6.18 Å². The number of alkyl halides is 5. The van der Waals surface area contributed by atoms with E-state index in [-0.39, 0.29) is 30.5 Å². The molecule has 1 aromatic heterocycles. The zero-order chi connectivity index (χ0) is 18.4. The van der Waals surface area contributed by atoms with Gasteiger partial charge in [-0.25, -0.2) is 8.78 Å². The van der Waals surface area contributed by atoms with E-state index in [0.29, 0.717) is 6.54 Å². The molecule has 0 aliphatic rings. The third kappa shape index (κ3) is 6.57. The fraction of sp³-hybridized carbons (Fsp3) is 0.750. The van der Waals surface area contributed by atoms with Gasteiger partial charge in [0, 0.05) is 19.4 Å². The van der Waals surface area contributed by atoms with E-state index < -0.39 is 17.8 Å². The fourth-order valence-electron chi connectivity index (χ4n) is 2.55. The number of aromatic nitrogens is 2. The molecule has 0 aromatic carbocycles. The number of anilines is 1. The first-order chi connectivity index (χ1) is 11.1. The van der Waals surface area contributed by atoms with Gasteiger partial charge in [-0.05, 0) is 30.4 Å². The Morgan fingerprint density at radius 1 is 1.08 bits per heavy atom. The van der Waals surface area contributed by atoms with Gasteiger partial charge in [-0.3, -0.25) is 0 Å². The molecule has 0 fully saturated rings. The van der Waals surface area contributed by atoms with Gasteiger partial charge in [0.05, 0.1) is 0 Å². The molecule has 0 amide bonds.